The Kier molecular flexibility index (Phi) is 4.78. The van der Waals surface area contributed by atoms with Crippen molar-refractivity contribution in [1.29, 1.82) is 0 Å². The maximum Gasteiger partial charge on any atom is 0.144 e. The first-order chi connectivity index (χ1) is 7.80. The zero-order chi connectivity index (χ0) is 13.1. The minimum atomic E-state index is -1.18. The summed E-state index contributed by atoms with van der Waals surface area (Å²) in [6.45, 7) is 10.1. The zero-order valence-corrected chi connectivity index (χ0v) is 12.0. The lowest BCUT2D eigenvalue weighted by Gasteiger charge is -2.17. The van der Waals surface area contributed by atoms with Crippen LogP contribution in [0.4, 0.5) is 0 Å². The lowest BCUT2D eigenvalue weighted by molar-refractivity contribution is 0.562. The second-order valence-corrected chi connectivity index (χ2v) is 7.35. The van der Waals surface area contributed by atoms with Gasteiger partial charge in [0.2, 0.25) is 0 Å². The molecule has 0 bridgehead atoms. The van der Waals surface area contributed by atoms with Crippen LogP contribution >= 0.6 is 0 Å². The fraction of sp³-hybridized carbons (Fsp3) is 0.500. The third-order valence-electron chi connectivity index (χ3n) is 2.42. The van der Waals surface area contributed by atoms with Crippen LogP contribution in [-0.4, -0.2) is 15.5 Å². The molecule has 0 fully saturated rings. The highest BCUT2D eigenvalue weighted by Gasteiger charge is 2.25. The van der Waals surface area contributed by atoms with Crippen molar-refractivity contribution >= 4 is 17.6 Å². The number of hydrogen-bond acceptors (Lipinski definition) is 2. The van der Waals surface area contributed by atoms with Gasteiger partial charge in [0.05, 0.1) is 6.21 Å². The molecule has 0 radical (unpaired) electrons. The first-order valence-electron chi connectivity index (χ1n) is 5.86. The first-order valence-corrected chi connectivity index (χ1v) is 6.97. The van der Waals surface area contributed by atoms with Crippen molar-refractivity contribution in [2.45, 2.75) is 45.3 Å². The van der Waals surface area contributed by atoms with Crippen LogP contribution in [0.15, 0.2) is 28.7 Å². The third kappa shape index (κ3) is 4.52. The van der Waals surface area contributed by atoms with Crippen molar-refractivity contribution in [3.05, 3.63) is 35.4 Å². The molecular weight excluding hydrogens is 230 g/mol. The van der Waals surface area contributed by atoms with Gasteiger partial charge < -0.3 is 4.55 Å². The number of nitrogens with zero attached hydrogens (tertiary/aromatic N) is 1. The molecule has 0 heterocycles. The van der Waals surface area contributed by atoms with Gasteiger partial charge in [0.15, 0.2) is 0 Å². The van der Waals surface area contributed by atoms with E-state index in [9.17, 15) is 4.55 Å². The van der Waals surface area contributed by atoms with Crippen molar-refractivity contribution in [3.63, 3.8) is 0 Å². The van der Waals surface area contributed by atoms with Crippen LogP contribution in [0.3, 0.4) is 0 Å². The summed E-state index contributed by atoms with van der Waals surface area (Å²) in [6.07, 6.45) is 1.69. The molecule has 1 rings (SSSR count). The quantitative estimate of drug-likeness (QED) is 0.596. The number of benzene rings is 1. The highest BCUT2D eigenvalue weighted by atomic mass is 32.2. The van der Waals surface area contributed by atoms with Gasteiger partial charge in [-0.2, -0.15) is 0 Å². The Labute approximate surface area is 107 Å². The van der Waals surface area contributed by atoms with Crippen LogP contribution in [0.1, 0.15) is 51.7 Å². The molecule has 0 aliphatic rings. The van der Waals surface area contributed by atoms with Gasteiger partial charge in [-0.15, -0.1) is 0 Å². The molecule has 0 spiro atoms. The van der Waals surface area contributed by atoms with E-state index in [1.807, 2.05) is 32.9 Å². The monoisotopic (exact) mass is 251 g/mol. The average Bonchev–Trinajstić information content (AvgIpc) is 2.25. The summed E-state index contributed by atoms with van der Waals surface area (Å²) in [5.74, 6) is 0.532. The van der Waals surface area contributed by atoms with E-state index in [4.69, 9.17) is 0 Å². The molecule has 3 heteroatoms. The van der Waals surface area contributed by atoms with Gasteiger partial charge >= 0.3 is 0 Å². The van der Waals surface area contributed by atoms with Crippen LogP contribution in [0.5, 0.6) is 0 Å². The maximum atomic E-state index is 11.7. The largest absolute Gasteiger partial charge is 0.591 e. The molecular formula is C14H21NOS. The van der Waals surface area contributed by atoms with E-state index in [-0.39, 0.29) is 4.75 Å². The molecule has 0 amide bonds. The number of rotatable bonds is 3. The normalized spacial score (nSPS) is 14.5. The van der Waals surface area contributed by atoms with E-state index < -0.39 is 11.4 Å². The summed E-state index contributed by atoms with van der Waals surface area (Å²) in [7, 11) is 0. The highest BCUT2D eigenvalue weighted by Crippen LogP contribution is 2.17. The SMILES string of the molecule is CC(C)c1ccc(/C=N/[S@+]([O-])C(C)(C)C)cc1. The molecule has 94 valence electrons. The van der Waals surface area contributed by atoms with Gasteiger partial charge in [-0.05, 0) is 37.8 Å². The summed E-state index contributed by atoms with van der Waals surface area (Å²) in [5, 5.41) is 0. The summed E-state index contributed by atoms with van der Waals surface area (Å²) >= 11 is -1.18. The Morgan fingerprint density at radius 3 is 2.12 bits per heavy atom. The predicted octanol–water partition coefficient (Wildman–Crippen LogP) is 3.69. The van der Waals surface area contributed by atoms with E-state index >= 15 is 0 Å². The average molecular weight is 251 g/mol. The second kappa shape index (κ2) is 5.69. The van der Waals surface area contributed by atoms with Crippen molar-refractivity contribution in [2.24, 2.45) is 4.40 Å². The van der Waals surface area contributed by atoms with Crippen LogP contribution in [0, 0.1) is 0 Å². The van der Waals surface area contributed by atoms with Crippen LogP contribution in [-0.2, 0) is 11.4 Å². The summed E-state index contributed by atoms with van der Waals surface area (Å²) in [6, 6.07) is 8.20. The molecule has 0 saturated heterocycles. The Balaban J connectivity index is 2.73. The van der Waals surface area contributed by atoms with Crippen molar-refractivity contribution in [3.8, 4) is 0 Å². The van der Waals surface area contributed by atoms with Gasteiger partial charge in [0.25, 0.3) is 0 Å². The van der Waals surface area contributed by atoms with Crippen molar-refractivity contribution < 1.29 is 4.55 Å². The lowest BCUT2D eigenvalue weighted by atomic mass is 10.0. The van der Waals surface area contributed by atoms with Gasteiger partial charge in [0.1, 0.15) is 16.1 Å². The topological polar surface area (TPSA) is 35.4 Å². The van der Waals surface area contributed by atoms with E-state index in [0.717, 1.165) is 5.56 Å². The molecule has 2 nitrogen and oxygen atoms in total. The van der Waals surface area contributed by atoms with E-state index in [1.54, 1.807) is 6.21 Å². The molecule has 0 unspecified atom stereocenters. The lowest BCUT2D eigenvalue weighted by Crippen LogP contribution is -2.25. The summed E-state index contributed by atoms with van der Waals surface area (Å²) < 4.78 is 15.5. The number of hydrogen-bond donors (Lipinski definition) is 0. The molecule has 0 aliphatic carbocycles. The van der Waals surface area contributed by atoms with Gasteiger partial charge in [-0.25, -0.2) is 0 Å². The first kappa shape index (κ1) is 14.3. The molecule has 0 aromatic heterocycles. The Hall–Kier alpha value is -0.800. The maximum absolute atomic E-state index is 11.7. The summed E-state index contributed by atoms with van der Waals surface area (Å²) in [4.78, 5) is 0. The van der Waals surface area contributed by atoms with Gasteiger partial charge in [-0.3, -0.25) is 0 Å². The van der Waals surface area contributed by atoms with E-state index in [0.29, 0.717) is 5.92 Å². The molecule has 1 atom stereocenters. The zero-order valence-electron chi connectivity index (χ0n) is 11.2. The molecule has 0 saturated carbocycles. The molecule has 0 N–H and O–H groups in total. The molecule has 1 aromatic carbocycles. The second-order valence-electron chi connectivity index (χ2n) is 5.42. The molecule has 0 aliphatic heterocycles. The predicted molar refractivity (Wildman–Crippen MR) is 76.0 cm³/mol. The fourth-order valence-electron chi connectivity index (χ4n) is 1.23. The van der Waals surface area contributed by atoms with Crippen molar-refractivity contribution in [1.82, 2.24) is 0 Å². The van der Waals surface area contributed by atoms with E-state index in [1.165, 1.54) is 5.56 Å². The Morgan fingerprint density at radius 2 is 1.71 bits per heavy atom. The molecule has 1 aromatic rings. The van der Waals surface area contributed by atoms with Crippen LogP contribution < -0.4 is 0 Å². The third-order valence-corrected chi connectivity index (χ3v) is 3.77. The Morgan fingerprint density at radius 1 is 1.18 bits per heavy atom. The minimum Gasteiger partial charge on any atom is -0.591 e. The van der Waals surface area contributed by atoms with Crippen LogP contribution in [0.2, 0.25) is 0 Å². The fourth-order valence-corrected chi connectivity index (χ4v) is 1.77. The van der Waals surface area contributed by atoms with Gasteiger partial charge in [-0.1, -0.05) is 42.5 Å². The molecule has 17 heavy (non-hydrogen) atoms. The standard InChI is InChI=1S/C14H21NOS/c1-11(2)13-8-6-12(7-9-13)10-15-17(16)14(3,4)5/h6-11H,1-5H3/b15-10+/t17-/m1/s1. The minimum absolute atomic E-state index is 0.297. The smallest absolute Gasteiger partial charge is 0.144 e. The Bertz CT molecular complexity index is 376. The summed E-state index contributed by atoms with van der Waals surface area (Å²) in [5.41, 5.74) is 2.30. The highest BCUT2D eigenvalue weighted by molar-refractivity contribution is 7.91. The van der Waals surface area contributed by atoms with Crippen LogP contribution in [0.25, 0.3) is 0 Å². The van der Waals surface area contributed by atoms with E-state index in [2.05, 4.69) is 30.4 Å². The van der Waals surface area contributed by atoms with Gasteiger partial charge in [0, 0.05) is 0 Å². The van der Waals surface area contributed by atoms with Crippen molar-refractivity contribution in [2.75, 3.05) is 0 Å².